The highest BCUT2D eigenvalue weighted by atomic mass is 35.5. The molecule has 2 aromatic heterocycles. The van der Waals surface area contributed by atoms with Gasteiger partial charge in [0.2, 0.25) is 11.8 Å². The van der Waals surface area contributed by atoms with Crippen LogP contribution < -0.4 is 20.7 Å². The summed E-state index contributed by atoms with van der Waals surface area (Å²) in [6, 6.07) is 9.29. The Labute approximate surface area is 248 Å². The number of alkyl halides is 3. The molecule has 0 aliphatic carbocycles. The Morgan fingerprint density at radius 2 is 1.81 bits per heavy atom. The number of nitrogens with zero attached hydrogens (tertiary/aromatic N) is 3. The van der Waals surface area contributed by atoms with E-state index in [9.17, 15) is 35.7 Å². The van der Waals surface area contributed by atoms with E-state index in [1.807, 2.05) is 0 Å². The van der Waals surface area contributed by atoms with Gasteiger partial charge in [-0.1, -0.05) is 17.7 Å². The van der Waals surface area contributed by atoms with Crippen LogP contribution in [0.4, 0.5) is 29.3 Å². The van der Waals surface area contributed by atoms with E-state index in [-0.39, 0.29) is 41.1 Å². The van der Waals surface area contributed by atoms with Crippen molar-refractivity contribution in [1.29, 1.82) is 0 Å². The summed E-state index contributed by atoms with van der Waals surface area (Å²) in [6.45, 7) is 2.34. The molecule has 228 valence electrons. The van der Waals surface area contributed by atoms with Gasteiger partial charge in [-0.05, 0) is 50.2 Å². The SMILES string of the molecule is CC(C)(C(=O)NCCn1ccc2ncnc(Oc3ccc(NC(=O)Nc4cccc(C(F)(F)F)c4)c(Cl)c3)c21)S(=O)(=O)O. The Morgan fingerprint density at radius 1 is 1.07 bits per heavy atom. The molecule has 17 heteroatoms. The molecular formula is C26H24ClF3N6O6S. The molecule has 4 aromatic rings. The number of carbonyl (C=O) groups excluding carboxylic acids is 2. The molecule has 0 saturated carbocycles. The molecule has 0 spiro atoms. The molecule has 0 unspecified atom stereocenters. The highest BCUT2D eigenvalue weighted by molar-refractivity contribution is 7.88. The van der Waals surface area contributed by atoms with Crippen LogP contribution in [0.5, 0.6) is 11.6 Å². The molecule has 4 N–H and O–H groups in total. The Hall–Kier alpha value is -4.41. The van der Waals surface area contributed by atoms with E-state index < -0.39 is 38.5 Å². The van der Waals surface area contributed by atoms with Gasteiger partial charge >= 0.3 is 12.2 Å². The van der Waals surface area contributed by atoms with Gasteiger partial charge in [0.05, 0.1) is 21.8 Å². The lowest BCUT2D eigenvalue weighted by Crippen LogP contribution is -2.48. The fourth-order valence-corrected chi connectivity index (χ4v) is 4.24. The highest BCUT2D eigenvalue weighted by Gasteiger charge is 2.40. The van der Waals surface area contributed by atoms with Crippen LogP contribution in [-0.2, 0) is 27.6 Å². The average Bonchev–Trinajstić information content (AvgIpc) is 3.33. The Kier molecular flexibility index (Phi) is 8.84. The molecule has 0 bridgehead atoms. The fraction of sp³-hybridized carbons (Fsp3) is 0.231. The standard InChI is InChI=1S/C26H24ClF3N6O6S/c1-25(2,43(39,40)41)23(37)31-9-11-36-10-8-20-21(36)22(33-14-32-20)42-17-6-7-19(18(27)13-17)35-24(38)34-16-5-3-4-15(12-16)26(28,29)30/h3-8,10,12-14H,9,11H2,1-2H3,(H,31,37)(H2,34,35,38)(H,39,40,41). The number of halogens is 4. The van der Waals surface area contributed by atoms with Crippen LogP contribution in [0.3, 0.4) is 0 Å². The molecule has 0 saturated heterocycles. The van der Waals surface area contributed by atoms with Crippen LogP contribution in [0.1, 0.15) is 19.4 Å². The third-order valence-corrected chi connectivity index (χ3v) is 7.99. The van der Waals surface area contributed by atoms with Crippen molar-refractivity contribution in [2.45, 2.75) is 31.3 Å². The van der Waals surface area contributed by atoms with Gasteiger partial charge in [0.15, 0.2) is 4.75 Å². The normalized spacial score (nSPS) is 12.2. The molecule has 43 heavy (non-hydrogen) atoms. The summed E-state index contributed by atoms with van der Waals surface area (Å²) in [6.07, 6.45) is -1.63. The first-order chi connectivity index (χ1) is 20.1. The van der Waals surface area contributed by atoms with Crippen LogP contribution in [0.15, 0.2) is 61.1 Å². The third-order valence-electron chi connectivity index (χ3n) is 6.20. The topological polar surface area (TPSA) is 165 Å². The molecule has 4 rings (SSSR count). The van der Waals surface area contributed by atoms with Crippen molar-refractivity contribution in [3.05, 3.63) is 71.6 Å². The molecule has 0 aliphatic heterocycles. The number of benzene rings is 2. The van der Waals surface area contributed by atoms with Crippen molar-refractivity contribution >= 4 is 56.1 Å². The Balaban J connectivity index is 1.44. The number of ether oxygens (including phenoxy) is 1. The fourth-order valence-electron chi connectivity index (χ4n) is 3.71. The molecule has 0 radical (unpaired) electrons. The number of rotatable bonds is 9. The lowest BCUT2D eigenvalue weighted by Gasteiger charge is -2.20. The van der Waals surface area contributed by atoms with Crippen LogP contribution in [0.25, 0.3) is 11.0 Å². The van der Waals surface area contributed by atoms with Crippen molar-refractivity contribution in [2.24, 2.45) is 0 Å². The first kappa shape index (κ1) is 31.5. The van der Waals surface area contributed by atoms with Crippen molar-refractivity contribution in [3.8, 4) is 11.6 Å². The summed E-state index contributed by atoms with van der Waals surface area (Å²) < 4.78 is 76.6. The van der Waals surface area contributed by atoms with Crippen LogP contribution >= 0.6 is 11.6 Å². The summed E-state index contributed by atoms with van der Waals surface area (Å²) >= 11 is 6.31. The largest absolute Gasteiger partial charge is 0.437 e. The minimum atomic E-state index is -4.63. The van der Waals surface area contributed by atoms with E-state index in [2.05, 4.69) is 25.9 Å². The number of fused-ring (bicyclic) bond motifs is 1. The quantitative estimate of drug-likeness (QED) is 0.178. The van der Waals surface area contributed by atoms with Gasteiger partial charge in [-0.2, -0.15) is 26.6 Å². The highest BCUT2D eigenvalue weighted by Crippen LogP contribution is 2.33. The second-order valence-electron chi connectivity index (χ2n) is 9.56. The van der Waals surface area contributed by atoms with Crippen molar-refractivity contribution < 1.29 is 40.5 Å². The van der Waals surface area contributed by atoms with Gasteiger partial charge in [0, 0.05) is 31.0 Å². The predicted molar refractivity (Wildman–Crippen MR) is 152 cm³/mol. The zero-order chi connectivity index (χ0) is 31.6. The number of hydrogen-bond acceptors (Lipinski definition) is 7. The van der Waals surface area contributed by atoms with Gasteiger partial charge in [0.25, 0.3) is 10.1 Å². The van der Waals surface area contributed by atoms with Crippen LogP contribution in [0, 0.1) is 0 Å². The molecular weight excluding hydrogens is 617 g/mol. The third kappa shape index (κ3) is 7.33. The summed E-state index contributed by atoms with van der Waals surface area (Å²) in [4.78, 5) is 33.0. The van der Waals surface area contributed by atoms with Gasteiger partial charge in [-0.25, -0.2) is 9.78 Å². The predicted octanol–water partition coefficient (Wildman–Crippen LogP) is 5.32. The van der Waals surface area contributed by atoms with Crippen molar-refractivity contribution in [2.75, 3.05) is 17.2 Å². The molecule has 0 fully saturated rings. The average molecular weight is 641 g/mol. The van der Waals surface area contributed by atoms with E-state index in [1.54, 1.807) is 16.8 Å². The minimum Gasteiger partial charge on any atom is -0.437 e. The van der Waals surface area contributed by atoms with Crippen molar-refractivity contribution in [3.63, 3.8) is 0 Å². The Bertz CT molecular complexity index is 1800. The van der Waals surface area contributed by atoms with Crippen LogP contribution in [-0.4, -0.2) is 50.7 Å². The van der Waals surface area contributed by atoms with E-state index in [0.29, 0.717) is 11.0 Å². The minimum absolute atomic E-state index is 0.00462. The molecule has 0 aliphatic rings. The van der Waals surface area contributed by atoms with E-state index in [1.165, 1.54) is 36.7 Å². The monoisotopic (exact) mass is 640 g/mol. The van der Waals surface area contributed by atoms with E-state index in [0.717, 1.165) is 26.0 Å². The molecule has 3 amide bonds. The zero-order valence-electron chi connectivity index (χ0n) is 22.4. The second kappa shape index (κ2) is 12.1. The number of urea groups is 1. The van der Waals surface area contributed by atoms with Crippen molar-refractivity contribution in [1.82, 2.24) is 19.9 Å². The van der Waals surface area contributed by atoms with Gasteiger partial charge in [-0.3, -0.25) is 9.35 Å². The number of anilines is 2. The molecule has 2 aromatic carbocycles. The van der Waals surface area contributed by atoms with E-state index >= 15 is 0 Å². The molecule has 12 nitrogen and oxygen atoms in total. The molecule has 2 heterocycles. The summed E-state index contributed by atoms with van der Waals surface area (Å²) in [5.74, 6) is -0.533. The number of carbonyl (C=O) groups is 2. The molecule has 0 atom stereocenters. The second-order valence-corrected chi connectivity index (χ2v) is 11.9. The maximum atomic E-state index is 12.9. The number of nitrogens with one attached hydrogen (secondary N) is 3. The van der Waals surface area contributed by atoms with Gasteiger partial charge < -0.3 is 25.3 Å². The number of amides is 3. The first-order valence-electron chi connectivity index (χ1n) is 12.3. The Morgan fingerprint density at radius 3 is 2.49 bits per heavy atom. The zero-order valence-corrected chi connectivity index (χ0v) is 24.0. The van der Waals surface area contributed by atoms with E-state index in [4.69, 9.17) is 16.3 Å². The lowest BCUT2D eigenvalue weighted by atomic mass is 10.2. The number of hydrogen-bond donors (Lipinski definition) is 4. The summed E-state index contributed by atoms with van der Waals surface area (Å²) in [5.41, 5.74) is 0.120. The summed E-state index contributed by atoms with van der Waals surface area (Å²) in [5, 5.41) is 7.30. The summed E-state index contributed by atoms with van der Waals surface area (Å²) in [7, 11) is -4.63. The smallest absolute Gasteiger partial charge is 0.416 e. The lowest BCUT2D eigenvalue weighted by molar-refractivity contribution is -0.137. The first-order valence-corrected chi connectivity index (χ1v) is 14.2. The maximum absolute atomic E-state index is 12.9. The number of aromatic nitrogens is 3. The van der Waals surface area contributed by atoms with Gasteiger partial charge in [0.1, 0.15) is 17.6 Å². The van der Waals surface area contributed by atoms with Gasteiger partial charge in [-0.15, -0.1) is 0 Å². The maximum Gasteiger partial charge on any atom is 0.416 e. The van der Waals surface area contributed by atoms with Crippen LogP contribution in [0.2, 0.25) is 5.02 Å².